The molecule has 1 aliphatic rings. The zero-order chi connectivity index (χ0) is 14.8. The lowest BCUT2D eigenvalue weighted by Crippen LogP contribution is -2.42. The standard InChI is InChI=1S/C14H19N5O2/c1-9-6-15-18-13(9)14(20)17-11-4-3-5-12(11)21-10-7-16-19(2)8-10/h6-8,11-12H,3-5H2,1-2H3,(H,15,18)(H,17,20)/t11-,12+/m0/s1. The number of carbonyl (C=O) groups is 1. The van der Waals surface area contributed by atoms with Gasteiger partial charge in [-0.3, -0.25) is 14.6 Å². The fraction of sp³-hybridized carbons (Fsp3) is 0.500. The van der Waals surface area contributed by atoms with Gasteiger partial charge in [0.15, 0.2) is 5.75 Å². The maximum atomic E-state index is 12.2. The first-order chi connectivity index (χ1) is 10.1. The van der Waals surface area contributed by atoms with Gasteiger partial charge in [0.25, 0.3) is 5.91 Å². The molecule has 0 aliphatic heterocycles. The topological polar surface area (TPSA) is 84.8 Å². The number of H-pyrrole nitrogens is 1. The third-order valence-electron chi connectivity index (χ3n) is 3.79. The fourth-order valence-corrected chi connectivity index (χ4v) is 2.68. The predicted octanol–water partition coefficient (Wildman–Crippen LogP) is 1.18. The summed E-state index contributed by atoms with van der Waals surface area (Å²) in [6.45, 7) is 1.86. The largest absolute Gasteiger partial charge is 0.485 e. The van der Waals surface area contributed by atoms with Crippen LogP contribution in [0.1, 0.15) is 35.3 Å². The van der Waals surface area contributed by atoms with Crippen molar-refractivity contribution in [3.05, 3.63) is 29.8 Å². The summed E-state index contributed by atoms with van der Waals surface area (Å²) in [4.78, 5) is 12.2. The van der Waals surface area contributed by atoms with Crippen molar-refractivity contribution in [3.63, 3.8) is 0 Å². The van der Waals surface area contributed by atoms with Crippen LogP contribution in [0.25, 0.3) is 0 Å². The Balaban J connectivity index is 1.64. The fourth-order valence-electron chi connectivity index (χ4n) is 2.68. The zero-order valence-electron chi connectivity index (χ0n) is 12.2. The average molecular weight is 289 g/mol. The molecule has 7 heteroatoms. The second-order valence-electron chi connectivity index (χ2n) is 5.44. The second kappa shape index (κ2) is 5.59. The molecular weight excluding hydrogens is 270 g/mol. The van der Waals surface area contributed by atoms with E-state index in [0.29, 0.717) is 5.69 Å². The number of amides is 1. The summed E-state index contributed by atoms with van der Waals surface area (Å²) >= 11 is 0. The molecule has 0 unspecified atom stereocenters. The minimum absolute atomic E-state index is 0.0126. The Morgan fingerprint density at radius 3 is 3.00 bits per heavy atom. The van der Waals surface area contributed by atoms with Crippen molar-refractivity contribution in [1.82, 2.24) is 25.3 Å². The summed E-state index contributed by atoms with van der Waals surface area (Å²) in [5.74, 6) is 0.609. The Morgan fingerprint density at radius 2 is 2.33 bits per heavy atom. The minimum Gasteiger partial charge on any atom is -0.485 e. The van der Waals surface area contributed by atoms with E-state index < -0.39 is 0 Å². The highest BCUT2D eigenvalue weighted by Crippen LogP contribution is 2.24. The van der Waals surface area contributed by atoms with Crippen molar-refractivity contribution in [3.8, 4) is 5.75 Å². The van der Waals surface area contributed by atoms with E-state index in [1.165, 1.54) is 0 Å². The number of aromatic amines is 1. The summed E-state index contributed by atoms with van der Waals surface area (Å²) in [5.41, 5.74) is 1.36. The van der Waals surface area contributed by atoms with Crippen molar-refractivity contribution in [2.45, 2.75) is 38.3 Å². The van der Waals surface area contributed by atoms with E-state index in [9.17, 15) is 4.79 Å². The number of aromatic nitrogens is 4. The van der Waals surface area contributed by atoms with E-state index in [1.54, 1.807) is 17.1 Å². The number of aryl methyl sites for hydroxylation is 2. The highest BCUT2D eigenvalue weighted by atomic mass is 16.5. The van der Waals surface area contributed by atoms with Gasteiger partial charge in [-0.2, -0.15) is 10.2 Å². The van der Waals surface area contributed by atoms with Crippen molar-refractivity contribution in [2.24, 2.45) is 7.05 Å². The second-order valence-corrected chi connectivity index (χ2v) is 5.44. The van der Waals surface area contributed by atoms with Gasteiger partial charge in [-0.05, 0) is 31.7 Å². The molecular formula is C14H19N5O2. The molecule has 2 aromatic heterocycles. The number of nitrogens with one attached hydrogen (secondary N) is 2. The van der Waals surface area contributed by atoms with Crippen LogP contribution in [0.2, 0.25) is 0 Å². The number of rotatable bonds is 4. The van der Waals surface area contributed by atoms with Crippen molar-refractivity contribution in [1.29, 1.82) is 0 Å². The first kappa shape index (κ1) is 13.7. The third-order valence-corrected chi connectivity index (χ3v) is 3.79. The van der Waals surface area contributed by atoms with E-state index in [2.05, 4.69) is 20.6 Å². The van der Waals surface area contributed by atoms with E-state index in [0.717, 1.165) is 30.6 Å². The van der Waals surface area contributed by atoms with Crippen LogP contribution in [-0.2, 0) is 7.05 Å². The normalized spacial score (nSPS) is 21.4. The van der Waals surface area contributed by atoms with Gasteiger partial charge in [0.05, 0.1) is 24.6 Å². The maximum Gasteiger partial charge on any atom is 0.269 e. The van der Waals surface area contributed by atoms with Gasteiger partial charge in [-0.25, -0.2) is 0 Å². The lowest BCUT2D eigenvalue weighted by Gasteiger charge is -2.21. The summed E-state index contributed by atoms with van der Waals surface area (Å²) in [6, 6.07) is 0.0143. The molecule has 2 atom stereocenters. The lowest BCUT2D eigenvalue weighted by atomic mass is 10.2. The van der Waals surface area contributed by atoms with Crippen molar-refractivity contribution < 1.29 is 9.53 Å². The number of hydrogen-bond acceptors (Lipinski definition) is 4. The van der Waals surface area contributed by atoms with E-state index in [-0.39, 0.29) is 18.1 Å². The zero-order valence-corrected chi connectivity index (χ0v) is 12.2. The highest BCUT2D eigenvalue weighted by Gasteiger charge is 2.31. The van der Waals surface area contributed by atoms with Crippen molar-refractivity contribution >= 4 is 5.91 Å². The van der Waals surface area contributed by atoms with E-state index in [1.807, 2.05) is 20.2 Å². The molecule has 1 saturated carbocycles. The van der Waals surface area contributed by atoms with Crippen LogP contribution in [0.4, 0.5) is 0 Å². The van der Waals surface area contributed by atoms with Crippen LogP contribution in [0.5, 0.6) is 5.75 Å². The number of carbonyl (C=O) groups excluding carboxylic acids is 1. The molecule has 0 spiro atoms. The summed E-state index contributed by atoms with van der Waals surface area (Å²) in [5, 5.41) is 13.7. The highest BCUT2D eigenvalue weighted by molar-refractivity contribution is 5.93. The summed E-state index contributed by atoms with van der Waals surface area (Å²) in [6.07, 6.45) is 8.05. The Labute approximate surface area is 122 Å². The molecule has 0 saturated heterocycles. The molecule has 0 radical (unpaired) electrons. The van der Waals surface area contributed by atoms with Gasteiger partial charge in [0.1, 0.15) is 11.8 Å². The average Bonchev–Trinajstić information content (AvgIpc) is 3.14. The molecule has 2 heterocycles. The van der Waals surface area contributed by atoms with Gasteiger partial charge in [0.2, 0.25) is 0 Å². The first-order valence-corrected chi connectivity index (χ1v) is 7.09. The molecule has 2 aromatic rings. The molecule has 0 bridgehead atoms. The summed E-state index contributed by atoms with van der Waals surface area (Å²) in [7, 11) is 1.85. The van der Waals surface area contributed by atoms with Crippen LogP contribution in [0.15, 0.2) is 18.6 Å². The minimum atomic E-state index is -0.128. The predicted molar refractivity (Wildman–Crippen MR) is 76.1 cm³/mol. The quantitative estimate of drug-likeness (QED) is 0.885. The van der Waals surface area contributed by atoms with Crippen LogP contribution >= 0.6 is 0 Å². The number of hydrogen-bond donors (Lipinski definition) is 2. The van der Waals surface area contributed by atoms with Crippen LogP contribution in [0.3, 0.4) is 0 Å². The van der Waals surface area contributed by atoms with Crippen LogP contribution < -0.4 is 10.1 Å². The van der Waals surface area contributed by atoms with E-state index >= 15 is 0 Å². The van der Waals surface area contributed by atoms with Gasteiger partial charge >= 0.3 is 0 Å². The Hall–Kier alpha value is -2.31. The summed E-state index contributed by atoms with van der Waals surface area (Å²) < 4.78 is 7.63. The van der Waals surface area contributed by atoms with E-state index in [4.69, 9.17) is 4.74 Å². The molecule has 1 aliphatic carbocycles. The lowest BCUT2D eigenvalue weighted by molar-refractivity contribution is 0.0888. The van der Waals surface area contributed by atoms with Crippen LogP contribution in [-0.4, -0.2) is 38.0 Å². The number of ether oxygens (including phenoxy) is 1. The molecule has 1 amide bonds. The van der Waals surface area contributed by atoms with Gasteiger partial charge in [0, 0.05) is 7.05 Å². The Kier molecular flexibility index (Phi) is 3.64. The monoisotopic (exact) mass is 289 g/mol. The molecule has 21 heavy (non-hydrogen) atoms. The van der Waals surface area contributed by atoms with Gasteiger partial charge in [-0.1, -0.05) is 0 Å². The smallest absolute Gasteiger partial charge is 0.269 e. The third kappa shape index (κ3) is 2.91. The Bertz CT molecular complexity index is 633. The Morgan fingerprint density at radius 1 is 1.48 bits per heavy atom. The maximum absolute atomic E-state index is 12.2. The molecule has 3 rings (SSSR count). The SMILES string of the molecule is Cc1cn[nH]c1C(=O)N[C@H]1CCC[C@H]1Oc1cnn(C)c1. The van der Waals surface area contributed by atoms with Crippen LogP contribution in [0, 0.1) is 6.92 Å². The number of nitrogens with zero attached hydrogens (tertiary/aromatic N) is 3. The van der Waals surface area contributed by atoms with Gasteiger partial charge < -0.3 is 10.1 Å². The molecule has 7 nitrogen and oxygen atoms in total. The molecule has 1 fully saturated rings. The van der Waals surface area contributed by atoms with Gasteiger partial charge in [-0.15, -0.1) is 0 Å². The molecule has 0 aromatic carbocycles. The first-order valence-electron chi connectivity index (χ1n) is 7.09. The van der Waals surface area contributed by atoms with Crippen molar-refractivity contribution in [2.75, 3.05) is 0 Å². The molecule has 2 N–H and O–H groups in total. The molecule has 112 valence electrons.